The predicted octanol–water partition coefficient (Wildman–Crippen LogP) is -0.357. The van der Waals surface area contributed by atoms with E-state index in [0.29, 0.717) is 5.50 Å². The SMILES string of the molecule is C1=C(N2CCNCC2)NC(N2CCOCC2)S1. The first-order valence-corrected chi connectivity index (χ1v) is 7.27. The summed E-state index contributed by atoms with van der Waals surface area (Å²) in [5.41, 5.74) is 0.406. The van der Waals surface area contributed by atoms with Crippen molar-refractivity contribution in [3.8, 4) is 0 Å². The van der Waals surface area contributed by atoms with E-state index in [2.05, 4.69) is 25.8 Å². The van der Waals surface area contributed by atoms with Crippen LogP contribution in [0.3, 0.4) is 0 Å². The minimum atomic E-state index is 0.406. The highest BCUT2D eigenvalue weighted by Crippen LogP contribution is 2.26. The summed E-state index contributed by atoms with van der Waals surface area (Å²) >= 11 is 1.89. The molecule has 6 heteroatoms. The van der Waals surface area contributed by atoms with Gasteiger partial charge >= 0.3 is 0 Å². The number of thioether (sulfide) groups is 1. The van der Waals surface area contributed by atoms with E-state index in [-0.39, 0.29) is 0 Å². The molecular formula is C11H20N4OS. The van der Waals surface area contributed by atoms with Gasteiger partial charge in [0.1, 0.15) is 11.3 Å². The van der Waals surface area contributed by atoms with E-state index in [9.17, 15) is 0 Å². The summed E-state index contributed by atoms with van der Waals surface area (Å²) < 4.78 is 5.39. The molecule has 0 spiro atoms. The van der Waals surface area contributed by atoms with Crippen molar-refractivity contribution >= 4 is 11.8 Å². The fraction of sp³-hybridized carbons (Fsp3) is 0.818. The zero-order valence-corrected chi connectivity index (χ0v) is 10.8. The fourth-order valence-electron chi connectivity index (χ4n) is 2.38. The van der Waals surface area contributed by atoms with Crippen molar-refractivity contribution in [3.63, 3.8) is 0 Å². The monoisotopic (exact) mass is 256 g/mol. The van der Waals surface area contributed by atoms with E-state index in [1.54, 1.807) is 0 Å². The Hall–Kier alpha value is -0.430. The number of hydrogen-bond donors (Lipinski definition) is 2. The van der Waals surface area contributed by atoms with Crippen LogP contribution in [0, 0.1) is 0 Å². The van der Waals surface area contributed by atoms with Gasteiger partial charge in [0.25, 0.3) is 0 Å². The summed E-state index contributed by atoms with van der Waals surface area (Å²) in [6.07, 6.45) is 0. The molecule has 96 valence electrons. The first kappa shape index (κ1) is 11.6. The zero-order chi connectivity index (χ0) is 11.5. The van der Waals surface area contributed by atoms with Gasteiger partial charge in [-0.3, -0.25) is 4.90 Å². The van der Waals surface area contributed by atoms with Gasteiger partial charge in [0.15, 0.2) is 0 Å². The van der Waals surface area contributed by atoms with E-state index in [4.69, 9.17) is 4.74 Å². The Morgan fingerprint density at radius 3 is 2.71 bits per heavy atom. The normalized spacial score (nSPS) is 31.2. The molecule has 0 aromatic rings. The Balaban J connectivity index is 1.52. The molecule has 2 fully saturated rings. The second-order valence-electron chi connectivity index (χ2n) is 4.52. The lowest BCUT2D eigenvalue weighted by molar-refractivity contribution is 0.0283. The van der Waals surface area contributed by atoms with Crippen LogP contribution in [-0.2, 0) is 4.74 Å². The van der Waals surface area contributed by atoms with E-state index in [1.165, 1.54) is 5.82 Å². The molecule has 0 saturated carbocycles. The van der Waals surface area contributed by atoms with Crippen molar-refractivity contribution in [1.82, 2.24) is 20.4 Å². The molecule has 2 N–H and O–H groups in total. The molecule has 17 heavy (non-hydrogen) atoms. The molecule has 3 aliphatic heterocycles. The smallest absolute Gasteiger partial charge is 0.133 e. The van der Waals surface area contributed by atoms with E-state index >= 15 is 0 Å². The molecule has 0 amide bonds. The van der Waals surface area contributed by atoms with Crippen LogP contribution in [0.1, 0.15) is 0 Å². The highest BCUT2D eigenvalue weighted by Gasteiger charge is 2.27. The maximum absolute atomic E-state index is 5.39. The molecule has 0 bridgehead atoms. The van der Waals surface area contributed by atoms with Gasteiger partial charge in [-0.25, -0.2) is 0 Å². The third kappa shape index (κ3) is 2.70. The van der Waals surface area contributed by atoms with Crippen molar-refractivity contribution in [2.75, 3.05) is 52.5 Å². The minimum absolute atomic E-state index is 0.406. The first-order valence-electron chi connectivity index (χ1n) is 6.33. The maximum Gasteiger partial charge on any atom is 0.133 e. The average molecular weight is 256 g/mol. The van der Waals surface area contributed by atoms with E-state index in [0.717, 1.165) is 52.5 Å². The van der Waals surface area contributed by atoms with Crippen LogP contribution in [0.15, 0.2) is 11.2 Å². The predicted molar refractivity (Wildman–Crippen MR) is 69.4 cm³/mol. The minimum Gasteiger partial charge on any atom is -0.379 e. The van der Waals surface area contributed by atoms with Crippen molar-refractivity contribution in [2.24, 2.45) is 0 Å². The molecular weight excluding hydrogens is 236 g/mol. The second kappa shape index (κ2) is 5.48. The Morgan fingerprint density at radius 1 is 1.18 bits per heavy atom. The quantitative estimate of drug-likeness (QED) is 0.703. The van der Waals surface area contributed by atoms with Crippen LogP contribution in [0.2, 0.25) is 0 Å². The zero-order valence-electron chi connectivity index (χ0n) is 10.0. The molecule has 1 atom stereocenters. The standard InChI is InChI=1S/C11H20N4OS/c1-3-14(4-2-12-1)10-9-17-11(13-10)15-5-7-16-8-6-15/h9,11-13H,1-8H2. The molecule has 3 aliphatic rings. The van der Waals surface area contributed by atoms with Gasteiger partial charge in [0, 0.05) is 44.7 Å². The Kier molecular flexibility index (Phi) is 3.75. The topological polar surface area (TPSA) is 39.8 Å². The maximum atomic E-state index is 5.39. The number of ether oxygens (including phenoxy) is 1. The molecule has 2 saturated heterocycles. The third-order valence-electron chi connectivity index (χ3n) is 3.41. The number of piperazine rings is 1. The van der Waals surface area contributed by atoms with E-state index < -0.39 is 0 Å². The number of hydrogen-bond acceptors (Lipinski definition) is 6. The summed E-state index contributed by atoms with van der Waals surface area (Å²) in [5.74, 6) is 1.30. The summed E-state index contributed by atoms with van der Waals surface area (Å²) in [6.45, 7) is 8.19. The molecule has 3 heterocycles. The summed E-state index contributed by atoms with van der Waals surface area (Å²) in [4.78, 5) is 4.89. The number of nitrogens with zero attached hydrogens (tertiary/aromatic N) is 2. The van der Waals surface area contributed by atoms with Crippen LogP contribution in [0.5, 0.6) is 0 Å². The van der Waals surface area contributed by atoms with Crippen molar-refractivity contribution in [2.45, 2.75) is 5.50 Å². The van der Waals surface area contributed by atoms with E-state index in [1.807, 2.05) is 11.8 Å². The van der Waals surface area contributed by atoms with Crippen LogP contribution in [-0.4, -0.2) is 67.8 Å². The summed E-state index contributed by atoms with van der Waals surface area (Å²) in [5, 5.41) is 9.27. The molecule has 0 radical (unpaired) electrons. The van der Waals surface area contributed by atoms with Gasteiger partial charge in [-0.05, 0) is 0 Å². The first-order chi connectivity index (χ1) is 8.43. The number of rotatable bonds is 2. The second-order valence-corrected chi connectivity index (χ2v) is 5.48. The third-order valence-corrected chi connectivity index (χ3v) is 4.45. The Labute approximate surface area is 107 Å². The summed E-state index contributed by atoms with van der Waals surface area (Å²) in [7, 11) is 0. The Morgan fingerprint density at radius 2 is 1.94 bits per heavy atom. The van der Waals surface area contributed by atoms with Crippen LogP contribution in [0.25, 0.3) is 0 Å². The molecule has 0 aliphatic carbocycles. The summed E-state index contributed by atoms with van der Waals surface area (Å²) in [6, 6.07) is 0. The van der Waals surface area contributed by atoms with Gasteiger partial charge in [-0.1, -0.05) is 11.8 Å². The highest BCUT2D eigenvalue weighted by atomic mass is 32.2. The Bertz CT molecular complexity index is 287. The molecule has 0 aromatic heterocycles. The van der Waals surface area contributed by atoms with Crippen LogP contribution in [0.4, 0.5) is 0 Å². The average Bonchev–Trinajstić information content (AvgIpc) is 2.90. The lowest BCUT2D eigenvalue weighted by Crippen LogP contribution is -2.50. The highest BCUT2D eigenvalue weighted by molar-refractivity contribution is 8.02. The van der Waals surface area contributed by atoms with Crippen molar-refractivity contribution < 1.29 is 4.74 Å². The van der Waals surface area contributed by atoms with Crippen molar-refractivity contribution in [1.29, 1.82) is 0 Å². The molecule has 5 nitrogen and oxygen atoms in total. The van der Waals surface area contributed by atoms with Gasteiger partial charge in [0.05, 0.1) is 13.2 Å². The van der Waals surface area contributed by atoms with Gasteiger partial charge in [0.2, 0.25) is 0 Å². The lowest BCUT2D eigenvalue weighted by atomic mass is 10.4. The fourth-order valence-corrected chi connectivity index (χ4v) is 3.43. The van der Waals surface area contributed by atoms with Crippen molar-refractivity contribution in [3.05, 3.63) is 11.2 Å². The van der Waals surface area contributed by atoms with Crippen LogP contribution < -0.4 is 10.6 Å². The molecule has 1 unspecified atom stereocenters. The largest absolute Gasteiger partial charge is 0.379 e. The van der Waals surface area contributed by atoms with Gasteiger partial charge < -0.3 is 20.3 Å². The lowest BCUT2D eigenvalue weighted by Gasteiger charge is -2.34. The number of morpholine rings is 1. The number of nitrogens with one attached hydrogen (secondary N) is 2. The van der Waals surface area contributed by atoms with Gasteiger partial charge in [-0.15, -0.1) is 0 Å². The molecule has 3 rings (SSSR count). The van der Waals surface area contributed by atoms with Gasteiger partial charge in [-0.2, -0.15) is 0 Å². The molecule has 0 aromatic carbocycles. The van der Waals surface area contributed by atoms with Crippen LogP contribution >= 0.6 is 11.8 Å².